The Balaban J connectivity index is 2.06. The normalized spacial score (nSPS) is 16.1. The summed E-state index contributed by atoms with van der Waals surface area (Å²) in [6.07, 6.45) is 0.960. The molecule has 0 saturated carbocycles. The number of fused-ring (bicyclic) bond motifs is 1. The highest BCUT2D eigenvalue weighted by Gasteiger charge is 2.35. The van der Waals surface area contributed by atoms with Gasteiger partial charge in [-0.05, 0) is 25.7 Å². The molecule has 0 spiro atoms. The second-order valence-corrected chi connectivity index (χ2v) is 9.28. The fourth-order valence-corrected chi connectivity index (χ4v) is 3.87. The summed E-state index contributed by atoms with van der Waals surface area (Å²) in [5, 5.41) is 12.4. The Kier molecular flexibility index (Phi) is 6.31. The maximum atomic E-state index is 13.2. The maximum absolute atomic E-state index is 13.2. The number of hydrogen-bond acceptors (Lipinski definition) is 4. The van der Waals surface area contributed by atoms with Crippen LogP contribution in [-0.4, -0.2) is 50.1 Å². The van der Waals surface area contributed by atoms with E-state index in [2.05, 4.69) is 28.6 Å². The molecule has 0 unspecified atom stereocenters. The largest absolute Gasteiger partial charge is 0.480 e. The molecule has 0 bridgehead atoms. The number of nitrogens with one attached hydrogen (secondary N) is 1. The molecule has 1 aliphatic rings. The lowest BCUT2D eigenvalue weighted by Gasteiger charge is -2.28. The highest BCUT2D eigenvalue weighted by Crippen LogP contribution is 2.28. The zero-order chi connectivity index (χ0) is 22.1. The van der Waals surface area contributed by atoms with Crippen LogP contribution in [0.4, 0.5) is 0 Å². The van der Waals surface area contributed by atoms with Gasteiger partial charge >= 0.3 is 5.97 Å². The number of carbonyl (C=O) groups is 2. The van der Waals surface area contributed by atoms with Gasteiger partial charge in [0.05, 0.1) is 5.69 Å². The van der Waals surface area contributed by atoms with Crippen molar-refractivity contribution in [2.75, 3.05) is 6.54 Å². The van der Waals surface area contributed by atoms with Gasteiger partial charge in [-0.25, -0.2) is 9.78 Å². The molecule has 0 radical (unpaired) electrons. The van der Waals surface area contributed by atoms with E-state index in [9.17, 15) is 14.7 Å². The van der Waals surface area contributed by atoms with E-state index < -0.39 is 23.3 Å². The zero-order valence-corrected chi connectivity index (χ0v) is 18.5. The molecule has 162 valence electrons. The van der Waals surface area contributed by atoms with E-state index in [1.54, 1.807) is 20.8 Å². The number of aliphatic carboxylic acids is 1. The summed E-state index contributed by atoms with van der Waals surface area (Å²) in [4.78, 5) is 32.1. The minimum atomic E-state index is -1.05. The average Bonchev–Trinajstić information content (AvgIpc) is 2.88. The first kappa shape index (κ1) is 22.0. The molecule has 0 aliphatic carbocycles. The summed E-state index contributed by atoms with van der Waals surface area (Å²) in [5.74, 6) is -0.730. The minimum absolute atomic E-state index is 0.317. The molecule has 7 nitrogen and oxygen atoms in total. The van der Waals surface area contributed by atoms with Crippen LogP contribution in [0, 0.1) is 5.41 Å². The van der Waals surface area contributed by atoms with Crippen LogP contribution in [0.2, 0.25) is 0 Å². The van der Waals surface area contributed by atoms with E-state index in [4.69, 9.17) is 4.98 Å². The number of aromatic nitrogens is 2. The van der Waals surface area contributed by atoms with E-state index in [1.165, 1.54) is 0 Å². The standard InChI is InChI=1S/C23H32N4O3/c1-15(2)26-12-9-13-27-17(14-26)18(24-20(27)16-10-7-6-8-11-16)21(28)25-19(22(29)30)23(3,4)5/h6-8,10-11,15,19H,9,12-14H2,1-5H3,(H,25,28)(H,29,30)/t19-/m1/s1. The number of carboxylic acids is 1. The van der Waals surface area contributed by atoms with Gasteiger partial charge in [0, 0.05) is 31.2 Å². The Hall–Kier alpha value is -2.67. The van der Waals surface area contributed by atoms with Crippen LogP contribution in [-0.2, 0) is 17.9 Å². The first-order valence-corrected chi connectivity index (χ1v) is 10.5. The fraction of sp³-hybridized carbons (Fsp3) is 0.522. The van der Waals surface area contributed by atoms with Crippen LogP contribution in [0.5, 0.6) is 0 Å². The van der Waals surface area contributed by atoms with Crippen LogP contribution in [0.15, 0.2) is 30.3 Å². The Morgan fingerprint density at radius 1 is 1.13 bits per heavy atom. The molecule has 2 aromatic rings. The summed E-state index contributed by atoms with van der Waals surface area (Å²) in [7, 11) is 0. The lowest BCUT2D eigenvalue weighted by atomic mass is 9.86. The van der Waals surface area contributed by atoms with E-state index >= 15 is 0 Å². The molecule has 30 heavy (non-hydrogen) atoms. The SMILES string of the molecule is CC(C)N1CCCn2c(-c3ccccc3)nc(C(=O)N[C@H](C(=O)O)C(C)(C)C)c2C1. The maximum Gasteiger partial charge on any atom is 0.326 e. The van der Waals surface area contributed by atoms with Crippen molar-refractivity contribution < 1.29 is 14.7 Å². The van der Waals surface area contributed by atoms with Crippen LogP contribution < -0.4 is 5.32 Å². The highest BCUT2D eigenvalue weighted by atomic mass is 16.4. The van der Waals surface area contributed by atoms with Crippen molar-refractivity contribution in [2.24, 2.45) is 5.41 Å². The average molecular weight is 413 g/mol. The van der Waals surface area contributed by atoms with Crippen molar-refractivity contribution in [3.05, 3.63) is 41.7 Å². The summed E-state index contributed by atoms with van der Waals surface area (Å²) in [5.41, 5.74) is 1.48. The van der Waals surface area contributed by atoms with Crippen LogP contribution >= 0.6 is 0 Å². The van der Waals surface area contributed by atoms with E-state index in [1.807, 2.05) is 30.3 Å². The van der Waals surface area contributed by atoms with Gasteiger partial charge in [-0.3, -0.25) is 9.69 Å². The van der Waals surface area contributed by atoms with Gasteiger partial charge in [0.25, 0.3) is 5.91 Å². The van der Waals surface area contributed by atoms with Crippen LogP contribution in [0.25, 0.3) is 11.4 Å². The summed E-state index contributed by atoms with van der Waals surface area (Å²) < 4.78 is 2.12. The number of hydrogen-bond donors (Lipinski definition) is 2. The third-order valence-electron chi connectivity index (χ3n) is 5.62. The van der Waals surface area contributed by atoms with Crippen molar-refractivity contribution in [1.29, 1.82) is 0 Å². The number of nitrogens with zero attached hydrogens (tertiary/aromatic N) is 3. The Morgan fingerprint density at radius 3 is 2.37 bits per heavy atom. The van der Waals surface area contributed by atoms with Crippen molar-refractivity contribution in [3.63, 3.8) is 0 Å². The third-order valence-corrected chi connectivity index (χ3v) is 5.62. The Morgan fingerprint density at radius 2 is 1.80 bits per heavy atom. The van der Waals surface area contributed by atoms with Gasteiger partial charge in [-0.1, -0.05) is 51.1 Å². The topological polar surface area (TPSA) is 87.5 Å². The van der Waals surface area contributed by atoms with E-state index in [0.29, 0.717) is 18.3 Å². The molecule has 0 fully saturated rings. The first-order valence-electron chi connectivity index (χ1n) is 10.5. The minimum Gasteiger partial charge on any atom is -0.480 e. The predicted molar refractivity (Wildman–Crippen MR) is 116 cm³/mol. The van der Waals surface area contributed by atoms with Crippen LogP contribution in [0.1, 0.15) is 57.2 Å². The van der Waals surface area contributed by atoms with Crippen molar-refractivity contribution in [2.45, 2.75) is 66.2 Å². The number of amides is 1. The summed E-state index contributed by atoms with van der Waals surface area (Å²) in [6.45, 7) is 12.0. The van der Waals surface area contributed by atoms with Crippen molar-refractivity contribution in [1.82, 2.24) is 19.8 Å². The zero-order valence-electron chi connectivity index (χ0n) is 18.5. The second kappa shape index (κ2) is 8.60. The Labute approximate surface area is 178 Å². The molecule has 3 rings (SSSR count). The first-order chi connectivity index (χ1) is 14.1. The number of carboxylic acid groups (broad SMARTS) is 1. The van der Waals surface area contributed by atoms with Gasteiger partial charge in [-0.2, -0.15) is 0 Å². The third kappa shape index (κ3) is 4.56. The predicted octanol–water partition coefficient (Wildman–Crippen LogP) is 3.39. The number of imidazole rings is 1. The van der Waals surface area contributed by atoms with Crippen molar-refractivity contribution in [3.8, 4) is 11.4 Å². The van der Waals surface area contributed by atoms with Crippen molar-refractivity contribution >= 4 is 11.9 Å². The molecular formula is C23H32N4O3. The summed E-state index contributed by atoms with van der Waals surface area (Å²) >= 11 is 0. The molecule has 0 saturated heterocycles. The monoisotopic (exact) mass is 412 g/mol. The number of carbonyl (C=O) groups excluding carboxylic acids is 1. The summed E-state index contributed by atoms with van der Waals surface area (Å²) in [6, 6.07) is 9.15. The quantitative estimate of drug-likeness (QED) is 0.786. The lowest BCUT2D eigenvalue weighted by Crippen LogP contribution is -2.49. The second-order valence-electron chi connectivity index (χ2n) is 9.28. The molecular weight excluding hydrogens is 380 g/mol. The lowest BCUT2D eigenvalue weighted by molar-refractivity contribution is -0.142. The molecule has 7 heteroatoms. The van der Waals surface area contributed by atoms with Gasteiger partial charge in [0.2, 0.25) is 0 Å². The molecule has 1 atom stereocenters. The molecule has 1 aliphatic heterocycles. The molecule has 1 amide bonds. The van der Waals surface area contributed by atoms with Gasteiger partial charge in [-0.15, -0.1) is 0 Å². The van der Waals surface area contributed by atoms with Gasteiger partial charge in [0.1, 0.15) is 11.9 Å². The number of benzene rings is 1. The molecule has 2 heterocycles. The van der Waals surface area contributed by atoms with E-state index in [0.717, 1.165) is 36.6 Å². The Bertz CT molecular complexity index is 913. The fourth-order valence-electron chi connectivity index (χ4n) is 3.87. The number of rotatable bonds is 5. The van der Waals surface area contributed by atoms with Gasteiger partial charge < -0.3 is 15.0 Å². The molecule has 1 aromatic heterocycles. The molecule has 1 aromatic carbocycles. The smallest absolute Gasteiger partial charge is 0.326 e. The highest BCUT2D eigenvalue weighted by molar-refractivity contribution is 5.96. The van der Waals surface area contributed by atoms with Crippen LogP contribution in [0.3, 0.4) is 0 Å². The van der Waals surface area contributed by atoms with E-state index in [-0.39, 0.29) is 0 Å². The van der Waals surface area contributed by atoms with Gasteiger partial charge in [0.15, 0.2) is 5.69 Å². The molecule has 2 N–H and O–H groups in total.